The molecule has 0 atom stereocenters. The highest BCUT2D eigenvalue weighted by Gasteiger charge is 2.03. The number of allylic oxidation sites excluding steroid dienone is 1. The summed E-state index contributed by atoms with van der Waals surface area (Å²) in [5.74, 6) is -0.195. The van der Waals surface area contributed by atoms with Crippen molar-refractivity contribution in [1.82, 2.24) is 5.43 Å². The molecule has 2 aromatic carbocycles. The lowest BCUT2D eigenvalue weighted by Gasteiger charge is -2.02. The van der Waals surface area contributed by atoms with E-state index in [1.165, 1.54) is 0 Å². The second-order valence-electron chi connectivity index (χ2n) is 5.01. The summed E-state index contributed by atoms with van der Waals surface area (Å²) in [4.78, 5) is 12.0. The Balaban J connectivity index is 2.01. The Labute approximate surface area is 131 Å². The fourth-order valence-electron chi connectivity index (χ4n) is 1.88. The van der Waals surface area contributed by atoms with Crippen molar-refractivity contribution in [3.63, 3.8) is 0 Å². The number of nitrogens with one attached hydrogen (secondary N) is 1. The molecule has 0 fully saturated rings. The van der Waals surface area contributed by atoms with Crippen LogP contribution in [0.15, 0.2) is 65.8 Å². The van der Waals surface area contributed by atoms with E-state index >= 15 is 0 Å². The van der Waals surface area contributed by atoms with Gasteiger partial charge in [0.1, 0.15) is 0 Å². The molecule has 1 amide bonds. The number of nitrogens with zero attached hydrogens (tertiary/aromatic N) is 1. The summed E-state index contributed by atoms with van der Waals surface area (Å²) in [6.45, 7) is 4.00. The SMILES string of the molecule is CCC(/C=C\c1ccccc1)=N/NC(=O)c1ccc(C)cc1. The first-order valence-electron chi connectivity index (χ1n) is 7.35. The first-order chi connectivity index (χ1) is 10.7. The molecule has 3 heteroatoms. The third-order valence-corrected chi connectivity index (χ3v) is 3.24. The van der Waals surface area contributed by atoms with Gasteiger partial charge in [0.2, 0.25) is 0 Å². The van der Waals surface area contributed by atoms with Gasteiger partial charge in [-0.05, 0) is 37.1 Å². The van der Waals surface area contributed by atoms with Crippen LogP contribution in [0, 0.1) is 6.92 Å². The summed E-state index contributed by atoms with van der Waals surface area (Å²) in [5.41, 5.74) is 6.27. The van der Waals surface area contributed by atoms with E-state index in [9.17, 15) is 4.79 Å². The molecule has 0 radical (unpaired) electrons. The molecule has 1 N–H and O–H groups in total. The number of amides is 1. The Morgan fingerprint density at radius 1 is 1.09 bits per heavy atom. The standard InChI is InChI=1S/C19H20N2O/c1-3-18(14-11-16-7-5-4-6-8-16)20-21-19(22)17-12-9-15(2)10-13-17/h4-14H,3H2,1-2H3,(H,21,22)/b14-11-,20-18-. The molecule has 0 aliphatic heterocycles. The normalized spacial score (nSPS) is 11.6. The van der Waals surface area contributed by atoms with Gasteiger partial charge in [-0.2, -0.15) is 5.10 Å². The van der Waals surface area contributed by atoms with Crippen molar-refractivity contribution >= 4 is 17.7 Å². The molecule has 22 heavy (non-hydrogen) atoms. The quantitative estimate of drug-likeness (QED) is 0.651. The van der Waals surface area contributed by atoms with Gasteiger partial charge in [0, 0.05) is 5.56 Å². The van der Waals surface area contributed by atoms with Crippen LogP contribution in [-0.4, -0.2) is 11.6 Å². The average molecular weight is 292 g/mol. The molecule has 3 nitrogen and oxygen atoms in total. The van der Waals surface area contributed by atoms with E-state index in [-0.39, 0.29) is 5.91 Å². The zero-order valence-electron chi connectivity index (χ0n) is 12.9. The number of aryl methyl sites for hydroxylation is 1. The van der Waals surface area contributed by atoms with E-state index in [0.717, 1.165) is 23.3 Å². The molecular formula is C19H20N2O. The molecule has 2 aromatic rings. The summed E-state index contributed by atoms with van der Waals surface area (Å²) in [5, 5.41) is 4.19. The highest BCUT2D eigenvalue weighted by molar-refractivity contribution is 6.00. The molecule has 2 rings (SSSR count). The van der Waals surface area contributed by atoms with Gasteiger partial charge in [-0.15, -0.1) is 0 Å². The smallest absolute Gasteiger partial charge is 0.267 e. The molecule has 0 saturated carbocycles. The molecule has 0 aliphatic carbocycles. The van der Waals surface area contributed by atoms with E-state index in [0.29, 0.717) is 5.56 Å². The highest BCUT2D eigenvalue weighted by Crippen LogP contribution is 2.04. The molecular weight excluding hydrogens is 272 g/mol. The monoisotopic (exact) mass is 292 g/mol. The van der Waals surface area contributed by atoms with E-state index in [1.54, 1.807) is 12.1 Å². The lowest BCUT2D eigenvalue weighted by Crippen LogP contribution is -2.19. The minimum Gasteiger partial charge on any atom is -0.267 e. The minimum absolute atomic E-state index is 0.195. The lowest BCUT2D eigenvalue weighted by atomic mass is 10.1. The first kappa shape index (κ1) is 15.7. The van der Waals surface area contributed by atoms with Crippen molar-refractivity contribution in [2.24, 2.45) is 5.10 Å². The van der Waals surface area contributed by atoms with Crippen LogP contribution in [0.2, 0.25) is 0 Å². The largest absolute Gasteiger partial charge is 0.271 e. The number of rotatable bonds is 5. The van der Waals surface area contributed by atoms with Crippen LogP contribution in [0.4, 0.5) is 0 Å². The molecule has 0 heterocycles. The topological polar surface area (TPSA) is 41.5 Å². The third-order valence-electron chi connectivity index (χ3n) is 3.24. The van der Waals surface area contributed by atoms with Crippen molar-refractivity contribution in [3.05, 3.63) is 77.4 Å². The van der Waals surface area contributed by atoms with Gasteiger partial charge in [-0.25, -0.2) is 5.43 Å². The minimum atomic E-state index is -0.195. The maximum absolute atomic E-state index is 12.0. The number of carbonyl (C=O) groups is 1. The summed E-state index contributed by atoms with van der Waals surface area (Å²) < 4.78 is 0. The van der Waals surface area contributed by atoms with Crippen molar-refractivity contribution in [1.29, 1.82) is 0 Å². The van der Waals surface area contributed by atoms with Crippen molar-refractivity contribution < 1.29 is 4.79 Å². The molecule has 0 bridgehead atoms. The maximum atomic E-state index is 12.0. The first-order valence-corrected chi connectivity index (χ1v) is 7.35. The van der Waals surface area contributed by atoms with Crippen LogP contribution in [0.3, 0.4) is 0 Å². The molecule has 0 saturated heterocycles. The number of hydrogen-bond donors (Lipinski definition) is 1. The second kappa shape index (κ2) is 7.93. The molecule has 112 valence electrons. The Morgan fingerprint density at radius 3 is 2.41 bits per heavy atom. The van der Waals surface area contributed by atoms with Crippen LogP contribution >= 0.6 is 0 Å². The van der Waals surface area contributed by atoms with Crippen LogP contribution in [0.5, 0.6) is 0 Å². The summed E-state index contributed by atoms with van der Waals surface area (Å²) in [6.07, 6.45) is 4.66. The third kappa shape index (κ3) is 4.70. The van der Waals surface area contributed by atoms with Crippen LogP contribution in [0.25, 0.3) is 6.08 Å². The van der Waals surface area contributed by atoms with Gasteiger partial charge in [-0.3, -0.25) is 4.79 Å². The fraction of sp³-hybridized carbons (Fsp3) is 0.158. The van der Waals surface area contributed by atoms with Gasteiger partial charge in [-0.1, -0.05) is 61.0 Å². The zero-order chi connectivity index (χ0) is 15.8. The Kier molecular flexibility index (Phi) is 5.66. The fourth-order valence-corrected chi connectivity index (χ4v) is 1.88. The van der Waals surface area contributed by atoms with Gasteiger partial charge in [0.15, 0.2) is 0 Å². The van der Waals surface area contributed by atoms with Crippen molar-refractivity contribution in [2.75, 3.05) is 0 Å². The summed E-state index contributed by atoms with van der Waals surface area (Å²) in [7, 11) is 0. The van der Waals surface area contributed by atoms with Gasteiger partial charge in [0.25, 0.3) is 5.91 Å². The van der Waals surface area contributed by atoms with E-state index in [2.05, 4.69) is 10.5 Å². The average Bonchev–Trinajstić information content (AvgIpc) is 2.56. The number of hydrogen-bond acceptors (Lipinski definition) is 2. The number of carbonyl (C=O) groups excluding carboxylic acids is 1. The van der Waals surface area contributed by atoms with E-state index < -0.39 is 0 Å². The lowest BCUT2D eigenvalue weighted by molar-refractivity contribution is 0.0955. The van der Waals surface area contributed by atoms with Crippen LogP contribution in [0.1, 0.15) is 34.8 Å². The molecule has 0 unspecified atom stereocenters. The number of hydrazone groups is 1. The van der Waals surface area contributed by atoms with Crippen LogP contribution < -0.4 is 5.43 Å². The Morgan fingerprint density at radius 2 is 1.77 bits per heavy atom. The Hall–Kier alpha value is -2.68. The molecule has 0 spiro atoms. The molecule has 0 aliphatic rings. The summed E-state index contributed by atoms with van der Waals surface area (Å²) in [6, 6.07) is 17.4. The number of benzene rings is 2. The highest BCUT2D eigenvalue weighted by atomic mass is 16.2. The second-order valence-corrected chi connectivity index (χ2v) is 5.01. The van der Waals surface area contributed by atoms with E-state index in [1.807, 2.05) is 68.5 Å². The summed E-state index contributed by atoms with van der Waals surface area (Å²) >= 11 is 0. The van der Waals surface area contributed by atoms with Crippen LogP contribution in [-0.2, 0) is 0 Å². The zero-order valence-corrected chi connectivity index (χ0v) is 12.9. The Bertz CT molecular complexity index is 670. The van der Waals surface area contributed by atoms with E-state index in [4.69, 9.17) is 0 Å². The van der Waals surface area contributed by atoms with Gasteiger partial charge >= 0.3 is 0 Å². The van der Waals surface area contributed by atoms with Crippen molar-refractivity contribution in [3.8, 4) is 0 Å². The van der Waals surface area contributed by atoms with Gasteiger partial charge in [0.05, 0.1) is 5.71 Å². The van der Waals surface area contributed by atoms with Crippen molar-refractivity contribution in [2.45, 2.75) is 20.3 Å². The predicted molar refractivity (Wildman–Crippen MR) is 91.8 cm³/mol. The molecule has 0 aromatic heterocycles. The maximum Gasteiger partial charge on any atom is 0.271 e. The predicted octanol–water partition coefficient (Wildman–Crippen LogP) is 4.20. The van der Waals surface area contributed by atoms with Gasteiger partial charge < -0.3 is 0 Å².